The van der Waals surface area contributed by atoms with Crippen molar-refractivity contribution in [2.75, 3.05) is 5.73 Å². The molecule has 0 saturated carbocycles. The summed E-state index contributed by atoms with van der Waals surface area (Å²) in [6.07, 6.45) is -4.63. The average Bonchev–Trinajstić information content (AvgIpc) is 2.64. The topological polar surface area (TPSA) is 72.3 Å². The number of alkyl halides is 3. The number of benzene rings is 1. The fourth-order valence-corrected chi connectivity index (χ4v) is 1.34. The van der Waals surface area contributed by atoms with E-state index in [0.29, 0.717) is 0 Å². The molecule has 0 bridgehead atoms. The first-order chi connectivity index (χ1) is 7.88. The number of phenols is 1. The Bertz CT molecular complexity index is 549. The third kappa shape index (κ3) is 2.17. The zero-order valence-corrected chi connectivity index (χ0v) is 8.32. The molecule has 1 aromatic heterocycles. The van der Waals surface area contributed by atoms with Crippen molar-refractivity contribution in [3.05, 3.63) is 29.8 Å². The van der Waals surface area contributed by atoms with Gasteiger partial charge in [-0.15, -0.1) is 0 Å². The lowest BCUT2D eigenvalue weighted by molar-refractivity contribution is -0.138. The summed E-state index contributed by atoms with van der Waals surface area (Å²) < 4.78 is 42.3. The first-order valence-electron chi connectivity index (χ1n) is 4.50. The molecule has 2 aromatic rings. The third-order valence-electron chi connectivity index (χ3n) is 2.11. The molecule has 0 radical (unpaired) electrons. The van der Waals surface area contributed by atoms with Gasteiger partial charge in [-0.2, -0.15) is 13.2 Å². The first-order valence-corrected chi connectivity index (χ1v) is 4.50. The molecule has 0 aliphatic carbocycles. The van der Waals surface area contributed by atoms with Crippen LogP contribution in [0.25, 0.3) is 11.3 Å². The quantitative estimate of drug-likeness (QED) is 0.808. The molecule has 0 atom stereocenters. The molecule has 0 saturated heterocycles. The maximum Gasteiger partial charge on any atom is 0.419 e. The van der Waals surface area contributed by atoms with Crippen LogP contribution in [0, 0.1) is 0 Å². The van der Waals surface area contributed by atoms with Crippen LogP contribution >= 0.6 is 0 Å². The van der Waals surface area contributed by atoms with Gasteiger partial charge in [-0.25, -0.2) is 0 Å². The highest BCUT2D eigenvalue weighted by Gasteiger charge is 2.34. The van der Waals surface area contributed by atoms with E-state index in [9.17, 15) is 13.2 Å². The molecule has 7 heteroatoms. The molecule has 0 aliphatic rings. The Balaban J connectivity index is 2.51. The zero-order chi connectivity index (χ0) is 12.6. The van der Waals surface area contributed by atoms with Crippen molar-refractivity contribution in [3.63, 3.8) is 0 Å². The van der Waals surface area contributed by atoms with Crippen molar-refractivity contribution in [1.82, 2.24) is 5.16 Å². The van der Waals surface area contributed by atoms with E-state index in [0.717, 1.165) is 12.1 Å². The maximum absolute atomic E-state index is 12.5. The van der Waals surface area contributed by atoms with Gasteiger partial charge in [-0.05, 0) is 18.2 Å². The van der Waals surface area contributed by atoms with E-state index in [-0.39, 0.29) is 17.1 Å². The molecule has 0 aliphatic heterocycles. The molecule has 1 aromatic carbocycles. The number of nitrogens with zero attached hydrogens (tertiary/aromatic N) is 1. The molecule has 2 rings (SSSR count). The van der Waals surface area contributed by atoms with Gasteiger partial charge in [0.2, 0.25) is 0 Å². The molecule has 0 unspecified atom stereocenters. The van der Waals surface area contributed by atoms with Crippen molar-refractivity contribution < 1.29 is 22.8 Å². The standard InChI is InChI=1S/C10H7F3N2O2/c11-10(12,13)6-3-5(1-2-7(6)16)8-4-9(14)15-17-8/h1-4,16H,(H2,14,15). The number of hydrogen-bond acceptors (Lipinski definition) is 4. The van der Waals surface area contributed by atoms with Gasteiger partial charge in [-0.3, -0.25) is 0 Å². The van der Waals surface area contributed by atoms with Gasteiger partial charge >= 0.3 is 6.18 Å². The molecular formula is C10H7F3N2O2. The summed E-state index contributed by atoms with van der Waals surface area (Å²) in [6.45, 7) is 0. The Morgan fingerprint density at radius 1 is 1.24 bits per heavy atom. The summed E-state index contributed by atoms with van der Waals surface area (Å²) in [4.78, 5) is 0. The minimum Gasteiger partial charge on any atom is -0.507 e. The number of anilines is 1. The van der Waals surface area contributed by atoms with Gasteiger partial charge in [0.15, 0.2) is 11.6 Å². The summed E-state index contributed by atoms with van der Waals surface area (Å²) in [7, 11) is 0. The van der Waals surface area contributed by atoms with E-state index in [4.69, 9.17) is 15.4 Å². The fourth-order valence-electron chi connectivity index (χ4n) is 1.34. The lowest BCUT2D eigenvalue weighted by Gasteiger charge is -2.09. The monoisotopic (exact) mass is 244 g/mol. The lowest BCUT2D eigenvalue weighted by Crippen LogP contribution is -2.05. The van der Waals surface area contributed by atoms with Crippen LogP contribution in [-0.2, 0) is 6.18 Å². The highest BCUT2D eigenvalue weighted by Crippen LogP contribution is 2.38. The van der Waals surface area contributed by atoms with E-state index in [1.54, 1.807) is 0 Å². The number of aromatic nitrogens is 1. The molecule has 3 N–H and O–H groups in total. The second-order valence-corrected chi connectivity index (χ2v) is 3.35. The Morgan fingerprint density at radius 3 is 2.47 bits per heavy atom. The van der Waals surface area contributed by atoms with Crippen molar-refractivity contribution >= 4 is 5.82 Å². The van der Waals surface area contributed by atoms with Gasteiger partial charge in [0, 0.05) is 11.6 Å². The lowest BCUT2D eigenvalue weighted by atomic mass is 10.1. The smallest absolute Gasteiger partial charge is 0.419 e. The van der Waals surface area contributed by atoms with Crippen molar-refractivity contribution in [2.45, 2.75) is 6.18 Å². The normalized spacial score (nSPS) is 11.7. The number of phenolic OH excluding ortho intramolecular Hbond substituents is 1. The van der Waals surface area contributed by atoms with Gasteiger partial charge in [-0.1, -0.05) is 5.16 Å². The van der Waals surface area contributed by atoms with Crippen LogP contribution in [0.5, 0.6) is 5.75 Å². The summed E-state index contributed by atoms with van der Waals surface area (Å²) >= 11 is 0. The van der Waals surface area contributed by atoms with Crippen molar-refractivity contribution in [3.8, 4) is 17.1 Å². The fraction of sp³-hybridized carbons (Fsp3) is 0.100. The van der Waals surface area contributed by atoms with Crippen LogP contribution in [-0.4, -0.2) is 10.3 Å². The summed E-state index contributed by atoms with van der Waals surface area (Å²) in [5.41, 5.74) is 4.30. The molecule has 1 heterocycles. The van der Waals surface area contributed by atoms with Crippen LogP contribution in [0.4, 0.5) is 19.0 Å². The van der Waals surface area contributed by atoms with Gasteiger partial charge in [0.05, 0.1) is 5.56 Å². The van der Waals surface area contributed by atoms with Crippen LogP contribution in [0.2, 0.25) is 0 Å². The zero-order valence-electron chi connectivity index (χ0n) is 8.32. The molecule has 4 nitrogen and oxygen atoms in total. The van der Waals surface area contributed by atoms with Crippen molar-refractivity contribution in [1.29, 1.82) is 0 Å². The Hall–Kier alpha value is -2.18. The molecule has 17 heavy (non-hydrogen) atoms. The Kier molecular flexibility index (Phi) is 2.45. The van der Waals surface area contributed by atoms with Crippen LogP contribution < -0.4 is 5.73 Å². The minimum absolute atomic E-state index is 0.0710. The number of halogens is 3. The highest BCUT2D eigenvalue weighted by atomic mass is 19.4. The van der Waals surface area contributed by atoms with Crippen LogP contribution in [0.1, 0.15) is 5.56 Å². The number of aromatic hydroxyl groups is 1. The summed E-state index contributed by atoms with van der Waals surface area (Å²) in [6, 6.07) is 4.29. The maximum atomic E-state index is 12.5. The van der Waals surface area contributed by atoms with E-state index in [1.165, 1.54) is 12.1 Å². The SMILES string of the molecule is Nc1cc(-c2ccc(O)c(C(F)(F)F)c2)on1. The van der Waals surface area contributed by atoms with Crippen LogP contribution in [0.3, 0.4) is 0 Å². The molecule has 0 fully saturated rings. The van der Waals surface area contributed by atoms with Gasteiger partial charge in [0.1, 0.15) is 5.75 Å². The molecule has 0 amide bonds. The third-order valence-corrected chi connectivity index (χ3v) is 2.11. The summed E-state index contributed by atoms with van der Waals surface area (Å²) in [5.74, 6) is -0.664. The van der Waals surface area contributed by atoms with E-state index in [2.05, 4.69) is 5.16 Å². The molecule has 90 valence electrons. The number of rotatable bonds is 1. The van der Waals surface area contributed by atoms with Gasteiger partial charge < -0.3 is 15.4 Å². The van der Waals surface area contributed by atoms with Crippen LogP contribution in [0.15, 0.2) is 28.8 Å². The highest BCUT2D eigenvalue weighted by molar-refractivity contribution is 5.62. The molecule has 0 spiro atoms. The van der Waals surface area contributed by atoms with Gasteiger partial charge in [0.25, 0.3) is 0 Å². The number of hydrogen-bond donors (Lipinski definition) is 2. The second-order valence-electron chi connectivity index (χ2n) is 3.35. The van der Waals surface area contributed by atoms with Crippen molar-refractivity contribution in [2.24, 2.45) is 0 Å². The predicted octanol–water partition coefficient (Wildman–Crippen LogP) is 2.65. The second kappa shape index (κ2) is 3.69. The summed E-state index contributed by atoms with van der Waals surface area (Å²) in [5, 5.41) is 12.5. The number of nitrogens with two attached hydrogens (primary N) is 1. The Labute approximate surface area is 93.4 Å². The van der Waals surface area contributed by atoms with E-state index >= 15 is 0 Å². The minimum atomic E-state index is -4.63. The van der Waals surface area contributed by atoms with E-state index < -0.39 is 17.5 Å². The average molecular weight is 244 g/mol. The predicted molar refractivity (Wildman–Crippen MR) is 53.0 cm³/mol. The first kappa shape index (κ1) is 11.3. The Morgan fingerprint density at radius 2 is 1.94 bits per heavy atom. The molecular weight excluding hydrogens is 237 g/mol. The largest absolute Gasteiger partial charge is 0.507 e. The van der Waals surface area contributed by atoms with E-state index in [1.807, 2.05) is 0 Å². The number of nitrogen functional groups attached to an aromatic ring is 1.